The van der Waals surface area contributed by atoms with Crippen molar-refractivity contribution < 1.29 is 0 Å². The van der Waals surface area contributed by atoms with E-state index in [1.807, 2.05) is 31.2 Å². The third kappa shape index (κ3) is 3.96. The van der Waals surface area contributed by atoms with Crippen LogP contribution in [0.2, 0.25) is 0 Å². The van der Waals surface area contributed by atoms with Crippen LogP contribution in [0.15, 0.2) is 42.5 Å². The van der Waals surface area contributed by atoms with Crippen molar-refractivity contribution >= 4 is 28.7 Å². The van der Waals surface area contributed by atoms with Crippen LogP contribution < -0.4 is 16.2 Å². The highest BCUT2D eigenvalue weighted by Crippen LogP contribution is 2.14. The highest BCUT2D eigenvalue weighted by Gasteiger charge is 2.00. The van der Waals surface area contributed by atoms with Gasteiger partial charge in [-0.2, -0.15) is 0 Å². The minimum atomic E-state index is 0.540. The number of aryl methyl sites for hydroxylation is 3. The molecule has 2 aromatic rings. The molecule has 104 valence electrons. The zero-order chi connectivity index (χ0) is 14.5. The van der Waals surface area contributed by atoms with Crippen molar-refractivity contribution in [1.29, 1.82) is 0 Å². The van der Waals surface area contributed by atoms with Gasteiger partial charge >= 0.3 is 0 Å². The van der Waals surface area contributed by atoms with Crippen molar-refractivity contribution in [2.45, 2.75) is 20.8 Å². The van der Waals surface area contributed by atoms with Crippen molar-refractivity contribution in [2.24, 2.45) is 0 Å². The third-order valence-electron chi connectivity index (χ3n) is 2.94. The Hall–Kier alpha value is -2.07. The van der Waals surface area contributed by atoms with Crippen LogP contribution in [0.3, 0.4) is 0 Å². The lowest BCUT2D eigenvalue weighted by Gasteiger charge is -2.14. The molecule has 3 nitrogen and oxygen atoms in total. The predicted molar refractivity (Wildman–Crippen MR) is 90.1 cm³/mol. The van der Waals surface area contributed by atoms with Crippen molar-refractivity contribution in [1.82, 2.24) is 5.43 Å². The summed E-state index contributed by atoms with van der Waals surface area (Å²) >= 11 is 5.28. The van der Waals surface area contributed by atoms with E-state index in [9.17, 15) is 0 Å². The van der Waals surface area contributed by atoms with Gasteiger partial charge in [0.25, 0.3) is 0 Å². The van der Waals surface area contributed by atoms with Gasteiger partial charge in [-0.1, -0.05) is 24.3 Å². The Labute approximate surface area is 125 Å². The third-order valence-corrected chi connectivity index (χ3v) is 3.14. The van der Waals surface area contributed by atoms with Gasteiger partial charge in [-0.15, -0.1) is 0 Å². The molecule has 0 saturated heterocycles. The van der Waals surface area contributed by atoms with Crippen LogP contribution in [-0.2, 0) is 0 Å². The second kappa shape index (κ2) is 6.39. The van der Waals surface area contributed by atoms with Gasteiger partial charge in [-0.05, 0) is 67.9 Å². The van der Waals surface area contributed by atoms with Crippen LogP contribution in [0.25, 0.3) is 0 Å². The SMILES string of the molecule is Cc1cc(C)cc(NC(=S)NNc2ccccc2C)c1. The molecule has 0 radical (unpaired) electrons. The van der Waals surface area contributed by atoms with E-state index in [0.717, 1.165) is 16.9 Å². The molecule has 0 spiro atoms. The number of rotatable bonds is 3. The molecule has 0 saturated carbocycles. The maximum atomic E-state index is 5.28. The van der Waals surface area contributed by atoms with Gasteiger partial charge < -0.3 is 5.32 Å². The van der Waals surface area contributed by atoms with Crippen LogP contribution in [0.5, 0.6) is 0 Å². The van der Waals surface area contributed by atoms with Crippen molar-refractivity contribution in [3.05, 3.63) is 59.2 Å². The van der Waals surface area contributed by atoms with Crippen LogP contribution >= 0.6 is 12.2 Å². The lowest BCUT2D eigenvalue weighted by atomic mass is 10.1. The Morgan fingerprint density at radius 1 is 0.950 bits per heavy atom. The van der Waals surface area contributed by atoms with Crippen molar-refractivity contribution in [3.63, 3.8) is 0 Å². The summed E-state index contributed by atoms with van der Waals surface area (Å²) in [6.07, 6.45) is 0. The summed E-state index contributed by atoms with van der Waals surface area (Å²) in [4.78, 5) is 0. The normalized spacial score (nSPS) is 9.95. The second-order valence-corrected chi connectivity index (χ2v) is 5.30. The first-order chi connectivity index (χ1) is 9.54. The van der Waals surface area contributed by atoms with Gasteiger partial charge in [0, 0.05) is 5.69 Å². The molecule has 0 fully saturated rings. The Morgan fingerprint density at radius 3 is 2.25 bits per heavy atom. The number of hydrazine groups is 1. The number of anilines is 2. The van der Waals surface area contributed by atoms with Gasteiger partial charge in [-0.25, -0.2) is 0 Å². The molecule has 0 atom stereocenters. The highest BCUT2D eigenvalue weighted by molar-refractivity contribution is 7.80. The molecule has 0 aliphatic rings. The molecule has 0 heterocycles. The van der Waals surface area contributed by atoms with E-state index in [2.05, 4.69) is 48.2 Å². The van der Waals surface area contributed by atoms with Gasteiger partial charge in [0.1, 0.15) is 0 Å². The topological polar surface area (TPSA) is 36.1 Å². The van der Waals surface area contributed by atoms with E-state index in [1.165, 1.54) is 11.1 Å². The molecule has 0 unspecified atom stereocenters. The number of nitrogens with one attached hydrogen (secondary N) is 3. The highest BCUT2D eigenvalue weighted by atomic mass is 32.1. The Balaban J connectivity index is 1.94. The fourth-order valence-corrected chi connectivity index (χ4v) is 2.22. The van der Waals surface area contributed by atoms with Gasteiger partial charge in [0.15, 0.2) is 5.11 Å². The quantitative estimate of drug-likeness (QED) is 0.590. The summed E-state index contributed by atoms with van der Waals surface area (Å²) in [7, 11) is 0. The van der Waals surface area contributed by atoms with Gasteiger partial charge in [0.05, 0.1) is 5.69 Å². The molecule has 20 heavy (non-hydrogen) atoms. The molecule has 0 aliphatic carbocycles. The van der Waals surface area contributed by atoms with E-state index in [-0.39, 0.29) is 0 Å². The molecular weight excluding hydrogens is 266 g/mol. The van der Waals surface area contributed by atoms with Gasteiger partial charge in [0.2, 0.25) is 0 Å². The zero-order valence-electron chi connectivity index (χ0n) is 11.9. The minimum absolute atomic E-state index is 0.540. The van der Waals surface area contributed by atoms with Crippen LogP contribution in [0.4, 0.5) is 11.4 Å². The monoisotopic (exact) mass is 285 g/mol. The number of hydrogen-bond acceptors (Lipinski definition) is 2. The van der Waals surface area contributed by atoms with Crippen LogP contribution in [0.1, 0.15) is 16.7 Å². The summed E-state index contributed by atoms with van der Waals surface area (Å²) in [5.41, 5.74) is 11.7. The summed E-state index contributed by atoms with van der Waals surface area (Å²) < 4.78 is 0. The molecule has 4 heteroatoms. The minimum Gasteiger partial charge on any atom is -0.331 e. The summed E-state index contributed by atoms with van der Waals surface area (Å²) in [6, 6.07) is 14.3. The number of hydrogen-bond donors (Lipinski definition) is 3. The average Bonchev–Trinajstić information content (AvgIpc) is 2.36. The molecule has 0 aliphatic heterocycles. The Morgan fingerprint density at radius 2 is 1.60 bits per heavy atom. The first kappa shape index (κ1) is 14.3. The fourth-order valence-electron chi connectivity index (χ4n) is 2.05. The molecule has 2 rings (SSSR count). The number of benzene rings is 2. The summed E-state index contributed by atoms with van der Waals surface area (Å²) in [5.74, 6) is 0. The number of para-hydroxylation sites is 1. The zero-order valence-corrected chi connectivity index (χ0v) is 12.8. The maximum absolute atomic E-state index is 5.28. The van der Waals surface area contributed by atoms with Crippen LogP contribution in [0, 0.1) is 20.8 Å². The fraction of sp³-hybridized carbons (Fsp3) is 0.188. The molecular formula is C16H19N3S. The van der Waals surface area contributed by atoms with E-state index < -0.39 is 0 Å². The van der Waals surface area contributed by atoms with Crippen molar-refractivity contribution in [3.8, 4) is 0 Å². The second-order valence-electron chi connectivity index (χ2n) is 4.90. The smallest absolute Gasteiger partial charge is 0.189 e. The maximum Gasteiger partial charge on any atom is 0.189 e. The predicted octanol–water partition coefficient (Wildman–Crippen LogP) is 3.93. The first-order valence-corrected chi connectivity index (χ1v) is 6.92. The first-order valence-electron chi connectivity index (χ1n) is 6.51. The molecule has 3 N–H and O–H groups in total. The molecule has 0 bridgehead atoms. The van der Waals surface area contributed by atoms with Crippen LogP contribution in [-0.4, -0.2) is 5.11 Å². The lowest BCUT2D eigenvalue weighted by Crippen LogP contribution is -2.33. The molecule has 2 aromatic carbocycles. The van der Waals surface area contributed by atoms with Gasteiger partial charge in [-0.3, -0.25) is 10.9 Å². The van der Waals surface area contributed by atoms with E-state index in [0.29, 0.717) is 5.11 Å². The summed E-state index contributed by atoms with van der Waals surface area (Å²) in [6.45, 7) is 6.19. The van der Waals surface area contributed by atoms with E-state index in [1.54, 1.807) is 0 Å². The standard InChI is InChI=1S/C16H19N3S/c1-11-8-12(2)10-14(9-11)17-16(20)19-18-15-7-5-4-6-13(15)3/h4-10,18H,1-3H3,(H2,17,19,20). The molecule has 0 amide bonds. The lowest BCUT2D eigenvalue weighted by molar-refractivity contribution is 1.13. The summed E-state index contributed by atoms with van der Waals surface area (Å²) in [5, 5.41) is 3.71. The Bertz CT molecular complexity index is 603. The largest absolute Gasteiger partial charge is 0.331 e. The molecule has 0 aromatic heterocycles. The number of thiocarbonyl (C=S) groups is 1. The average molecular weight is 285 g/mol. The van der Waals surface area contributed by atoms with E-state index in [4.69, 9.17) is 12.2 Å². The van der Waals surface area contributed by atoms with E-state index >= 15 is 0 Å². The van der Waals surface area contributed by atoms with Crippen molar-refractivity contribution in [2.75, 3.05) is 10.7 Å². The Kier molecular flexibility index (Phi) is 4.58.